The molecule has 0 aliphatic heterocycles. The van der Waals surface area contributed by atoms with Crippen LogP contribution in [0.4, 0.5) is 0 Å². The van der Waals surface area contributed by atoms with Crippen molar-refractivity contribution in [2.24, 2.45) is 5.73 Å². The van der Waals surface area contributed by atoms with Crippen LogP contribution in [0.3, 0.4) is 0 Å². The molecule has 1 amide bonds. The fourth-order valence-electron chi connectivity index (χ4n) is 1.44. The number of benzene rings is 1. The number of nitrogens with zero attached hydrogens (tertiary/aromatic N) is 1. The van der Waals surface area contributed by atoms with Crippen LogP contribution in [-0.4, -0.2) is 37.6 Å². The molecule has 0 heterocycles. The highest BCUT2D eigenvalue weighted by molar-refractivity contribution is 5.77. The first kappa shape index (κ1) is 13.5. The smallest absolute Gasteiger partial charge is 0.236 e. The molecule has 0 saturated carbocycles. The molecule has 1 rings (SSSR count). The number of rotatable bonds is 5. The Kier molecular flexibility index (Phi) is 4.97. The summed E-state index contributed by atoms with van der Waals surface area (Å²) < 4.78 is 5.65. The van der Waals surface area contributed by atoms with E-state index in [2.05, 4.69) is 0 Å². The molecule has 1 aromatic rings. The number of hydrogen-bond donors (Lipinski definition) is 1. The first-order chi connectivity index (χ1) is 8.04. The molecule has 4 nitrogen and oxygen atoms in total. The van der Waals surface area contributed by atoms with E-state index < -0.39 is 0 Å². The van der Waals surface area contributed by atoms with Gasteiger partial charge in [0.15, 0.2) is 0 Å². The van der Waals surface area contributed by atoms with Crippen LogP contribution >= 0.6 is 0 Å². The lowest BCUT2D eigenvalue weighted by Gasteiger charge is -2.17. The third-order valence-electron chi connectivity index (χ3n) is 2.63. The second-order valence-electron chi connectivity index (χ2n) is 4.14. The van der Waals surface area contributed by atoms with Crippen molar-refractivity contribution in [3.05, 3.63) is 29.3 Å². The van der Waals surface area contributed by atoms with Gasteiger partial charge in [0.1, 0.15) is 12.4 Å². The van der Waals surface area contributed by atoms with Crippen LogP contribution in [0.2, 0.25) is 0 Å². The van der Waals surface area contributed by atoms with Crippen LogP contribution < -0.4 is 10.5 Å². The van der Waals surface area contributed by atoms with Gasteiger partial charge in [0, 0.05) is 7.05 Å². The highest BCUT2D eigenvalue weighted by Crippen LogP contribution is 2.18. The molecular formula is C13H20N2O2. The Morgan fingerprint density at radius 2 is 2.12 bits per heavy atom. The molecule has 0 atom stereocenters. The van der Waals surface area contributed by atoms with Crippen LogP contribution in [0.25, 0.3) is 0 Å². The van der Waals surface area contributed by atoms with Crippen molar-refractivity contribution in [1.29, 1.82) is 0 Å². The number of carbonyl (C=O) groups is 1. The minimum atomic E-state index is -0.0745. The SMILES string of the molecule is Cc1ccc(C)c(OCCN(C)C(=O)CN)c1. The summed E-state index contributed by atoms with van der Waals surface area (Å²) >= 11 is 0. The van der Waals surface area contributed by atoms with Crippen molar-refractivity contribution in [3.8, 4) is 5.75 Å². The van der Waals surface area contributed by atoms with E-state index in [1.165, 1.54) is 0 Å². The van der Waals surface area contributed by atoms with Gasteiger partial charge in [-0.3, -0.25) is 4.79 Å². The third-order valence-corrected chi connectivity index (χ3v) is 2.63. The highest BCUT2D eigenvalue weighted by Gasteiger charge is 2.06. The van der Waals surface area contributed by atoms with E-state index in [0.717, 1.165) is 16.9 Å². The average Bonchev–Trinajstić information content (AvgIpc) is 2.32. The normalized spacial score (nSPS) is 10.1. The van der Waals surface area contributed by atoms with Gasteiger partial charge >= 0.3 is 0 Å². The average molecular weight is 236 g/mol. The molecule has 0 aliphatic carbocycles. The molecular weight excluding hydrogens is 216 g/mol. The lowest BCUT2D eigenvalue weighted by Crippen LogP contribution is -2.35. The summed E-state index contributed by atoms with van der Waals surface area (Å²) in [5, 5.41) is 0. The zero-order valence-electron chi connectivity index (χ0n) is 10.7. The van der Waals surface area contributed by atoms with E-state index >= 15 is 0 Å². The Balaban J connectivity index is 2.45. The van der Waals surface area contributed by atoms with E-state index in [-0.39, 0.29) is 12.5 Å². The largest absolute Gasteiger partial charge is 0.491 e. The Hall–Kier alpha value is -1.55. The van der Waals surface area contributed by atoms with E-state index in [1.54, 1.807) is 11.9 Å². The molecule has 4 heteroatoms. The maximum Gasteiger partial charge on any atom is 0.236 e. The highest BCUT2D eigenvalue weighted by atomic mass is 16.5. The molecule has 0 unspecified atom stereocenters. The number of amides is 1. The minimum absolute atomic E-state index is 0.0416. The number of nitrogens with two attached hydrogens (primary N) is 1. The molecule has 0 radical (unpaired) electrons. The van der Waals surface area contributed by atoms with Gasteiger partial charge in [0.05, 0.1) is 13.1 Å². The van der Waals surface area contributed by atoms with Crippen molar-refractivity contribution in [2.45, 2.75) is 13.8 Å². The molecule has 94 valence electrons. The second-order valence-corrected chi connectivity index (χ2v) is 4.14. The van der Waals surface area contributed by atoms with Crippen molar-refractivity contribution in [2.75, 3.05) is 26.7 Å². The summed E-state index contributed by atoms with van der Waals surface area (Å²) in [6.07, 6.45) is 0. The van der Waals surface area contributed by atoms with Gasteiger partial charge in [-0.2, -0.15) is 0 Å². The maximum atomic E-state index is 11.2. The van der Waals surface area contributed by atoms with Gasteiger partial charge in [-0.15, -0.1) is 0 Å². The fourth-order valence-corrected chi connectivity index (χ4v) is 1.44. The lowest BCUT2D eigenvalue weighted by molar-refractivity contribution is -0.128. The molecule has 0 fully saturated rings. The van der Waals surface area contributed by atoms with Gasteiger partial charge in [-0.25, -0.2) is 0 Å². The van der Waals surface area contributed by atoms with Crippen molar-refractivity contribution < 1.29 is 9.53 Å². The van der Waals surface area contributed by atoms with E-state index in [9.17, 15) is 4.79 Å². The summed E-state index contributed by atoms with van der Waals surface area (Å²) in [7, 11) is 1.72. The summed E-state index contributed by atoms with van der Waals surface area (Å²) in [5.41, 5.74) is 7.53. The number of hydrogen-bond acceptors (Lipinski definition) is 3. The first-order valence-electron chi connectivity index (χ1n) is 5.68. The second kappa shape index (κ2) is 6.25. The topological polar surface area (TPSA) is 55.6 Å². The standard InChI is InChI=1S/C13H20N2O2/c1-10-4-5-11(2)12(8-10)17-7-6-15(3)13(16)9-14/h4-5,8H,6-7,9,14H2,1-3H3. The summed E-state index contributed by atoms with van der Waals surface area (Å²) in [4.78, 5) is 12.8. The number of likely N-dealkylation sites (N-methyl/N-ethyl adjacent to an activating group) is 1. The number of ether oxygens (including phenoxy) is 1. The van der Waals surface area contributed by atoms with Crippen LogP contribution in [0.5, 0.6) is 5.75 Å². The zero-order valence-corrected chi connectivity index (χ0v) is 10.7. The van der Waals surface area contributed by atoms with Gasteiger partial charge < -0.3 is 15.4 Å². The van der Waals surface area contributed by atoms with Crippen LogP contribution in [0.1, 0.15) is 11.1 Å². The lowest BCUT2D eigenvalue weighted by atomic mass is 10.1. The molecule has 2 N–H and O–H groups in total. The zero-order chi connectivity index (χ0) is 12.8. The predicted octanol–water partition coefficient (Wildman–Crippen LogP) is 1.10. The van der Waals surface area contributed by atoms with Gasteiger partial charge in [-0.1, -0.05) is 12.1 Å². The Morgan fingerprint density at radius 3 is 2.76 bits per heavy atom. The van der Waals surface area contributed by atoms with Gasteiger partial charge in [-0.05, 0) is 31.0 Å². The molecule has 0 bridgehead atoms. The van der Waals surface area contributed by atoms with Crippen LogP contribution in [0.15, 0.2) is 18.2 Å². The molecule has 0 saturated heterocycles. The number of carbonyl (C=O) groups excluding carboxylic acids is 1. The first-order valence-corrected chi connectivity index (χ1v) is 5.68. The number of aryl methyl sites for hydroxylation is 2. The van der Waals surface area contributed by atoms with Crippen molar-refractivity contribution in [3.63, 3.8) is 0 Å². The van der Waals surface area contributed by atoms with E-state index in [4.69, 9.17) is 10.5 Å². The Bertz CT molecular complexity index is 391. The molecule has 1 aromatic carbocycles. The van der Waals surface area contributed by atoms with Crippen LogP contribution in [0, 0.1) is 13.8 Å². The van der Waals surface area contributed by atoms with E-state index in [1.807, 2.05) is 32.0 Å². The summed E-state index contributed by atoms with van der Waals surface area (Å²) in [6.45, 7) is 5.09. The van der Waals surface area contributed by atoms with Crippen molar-refractivity contribution >= 4 is 5.91 Å². The van der Waals surface area contributed by atoms with Crippen LogP contribution in [-0.2, 0) is 4.79 Å². The Morgan fingerprint density at radius 1 is 1.41 bits per heavy atom. The van der Waals surface area contributed by atoms with E-state index in [0.29, 0.717) is 13.2 Å². The summed E-state index contributed by atoms with van der Waals surface area (Å²) in [6, 6.07) is 6.08. The Labute approximate surface area is 102 Å². The monoisotopic (exact) mass is 236 g/mol. The van der Waals surface area contributed by atoms with Gasteiger partial charge in [0.2, 0.25) is 5.91 Å². The third kappa shape index (κ3) is 4.07. The maximum absolute atomic E-state index is 11.2. The minimum Gasteiger partial charge on any atom is -0.491 e. The fraction of sp³-hybridized carbons (Fsp3) is 0.462. The predicted molar refractivity (Wildman–Crippen MR) is 68.1 cm³/mol. The molecule has 0 aromatic heterocycles. The molecule has 0 aliphatic rings. The van der Waals surface area contributed by atoms with Gasteiger partial charge in [0.25, 0.3) is 0 Å². The molecule has 17 heavy (non-hydrogen) atoms. The molecule has 0 spiro atoms. The van der Waals surface area contributed by atoms with Crippen molar-refractivity contribution in [1.82, 2.24) is 4.90 Å². The quantitative estimate of drug-likeness (QED) is 0.833. The summed E-state index contributed by atoms with van der Waals surface area (Å²) in [5.74, 6) is 0.799.